The number of ether oxygens (including phenoxy) is 2. The smallest absolute Gasteiger partial charge is 0.224 e. The highest BCUT2D eigenvalue weighted by atomic mass is 35.5. The lowest BCUT2D eigenvalue weighted by molar-refractivity contribution is 0.122. The number of hydrogen-bond acceptors (Lipinski definition) is 14. The average molecular weight is 722 g/mol. The van der Waals surface area contributed by atoms with Gasteiger partial charge in [0.2, 0.25) is 11.9 Å². The predicted octanol–water partition coefficient (Wildman–Crippen LogP) is 4.60. The maximum atomic E-state index is 14.1. The van der Waals surface area contributed by atoms with Gasteiger partial charge in [-0.15, -0.1) is 0 Å². The normalized spacial score (nSPS) is 14.9. The Morgan fingerprint density at radius 1 is 0.640 bits per heavy atom. The van der Waals surface area contributed by atoms with Gasteiger partial charge in [0, 0.05) is 43.4 Å². The molecule has 256 valence electrons. The SMILES string of the molecule is Nc1nc(N2CCOCC2)c2nc(-c3c(Cl)cccc3Cl)cnc2n1.Nc1nc(N2CCOCC2)c2nc(-c3ccc(F)cc3F)cnc2n1. The van der Waals surface area contributed by atoms with Crippen LogP contribution in [0.25, 0.3) is 44.8 Å². The lowest BCUT2D eigenvalue weighted by atomic mass is 10.1. The highest BCUT2D eigenvalue weighted by molar-refractivity contribution is 6.39. The standard InChI is InChI=1S/C16H14Cl2N6O.C16H14F2N6O/c17-9-2-1-3-10(18)12(9)11-8-20-14-13(21-11)15(23-16(19)22-14)24-4-6-25-7-5-24;17-9-1-2-10(11(18)7-9)12-8-20-14-13(21-12)15(23-16(19)22-14)24-3-5-25-6-4-24/h1-3,8H,4-7H2,(H2,19,20,22,23);1-2,7-8H,3-6H2,(H2,19,20,22,23). The Balaban J connectivity index is 0.000000157. The number of nitrogens with two attached hydrogens (primary N) is 2. The minimum atomic E-state index is -0.710. The number of anilines is 4. The van der Waals surface area contributed by atoms with Gasteiger partial charge in [-0.2, -0.15) is 19.9 Å². The minimum absolute atomic E-state index is 0.0870. The van der Waals surface area contributed by atoms with Gasteiger partial charge in [0.05, 0.1) is 60.3 Å². The van der Waals surface area contributed by atoms with Gasteiger partial charge in [-0.1, -0.05) is 29.3 Å². The number of benzene rings is 2. The van der Waals surface area contributed by atoms with E-state index in [0.29, 0.717) is 108 Å². The van der Waals surface area contributed by atoms with E-state index in [-0.39, 0.29) is 23.2 Å². The second-order valence-electron chi connectivity index (χ2n) is 11.1. The quantitative estimate of drug-likeness (QED) is 0.258. The van der Waals surface area contributed by atoms with Gasteiger partial charge in [0.15, 0.2) is 34.0 Å². The number of nitrogens with zero attached hydrogens (tertiary/aromatic N) is 10. The van der Waals surface area contributed by atoms with E-state index in [1.165, 1.54) is 18.3 Å². The van der Waals surface area contributed by atoms with Crippen LogP contribution in [0.15, 0.2) is 48.8 Å². The number of aromatic nitrogens is 8. The van der Waals surface area contributed by atoms with E-state index in [9.17, 15) is 8.78 Å². The average Bonchev–Trinajstić information content (AvgIpc) is 3.12. The van der Waals surface area contributed by atoms with E-state index in [4.69, 9.17) is 44.1 Å². The molecule has 6 heterocycles. The Bertz CT molecular complexity index is 2180. The summed E-state index contributed by atoms with van der Waals surface area (Å²) in [7, 11) is 0. The number of halogens is 4. The highest BCUT2D eigenvalue weighted by Gasteiger charge is 2.22. The molecule has 0 saturated carbocycles. The molecule has 2 aliphatic rings. The second-order valence-corrected chi connectivity index (χ2v) is 11.9. The van der Waals surface area contributed by atoms with Crippen molar-refractivity contribution in [3.8, 4) is 22.5 Å². The third kappa shape index (κ3) is 6.96. The van der Waals surface area contributed by atoms with Crippen molar-refractivity contribution in [1.82, 2.24) is 39.9 Å². The molecule has 0 unspecified atom stereocenters. The molecule has 14 nitrogen and oxygen atoms in total. The van der Waals surface area contributed by atoms with E-state index in [1.54, 1.807) is 24.4 Å². The number of nitrogen functional groups attached to an aromatic ring is 2. The van der Waals surface area contributed by atoms with E-state index in [2.05, 4.69) is 44.8 Å². The zero-order valence-electron chi connectivity index (χ0n) is 26.2. The minimum Gasteiger partial charge on any atom is -0.378 e. The molecule has 0 radical (unpaired) electrons. The summed E-state index contributed by atoms with van der Waals surface area (Å²) < 4.78 is 38.0. The fraction of sp³-hybridized carbons (Fsp3) is 0.250. The van der Waals surface area contributed by atoms with E-state index < -0.39 is 11.6 Å². The Hall–Kier alpha value is -5.16. The summed E-state index contributed by atoms with van der Waals surface area (Å²) in [5.74, 6) is 0.0554. The van der Waals surface area contributed by atoms with Crippen LogP contribution in [-0.4, -0.2) is 92.5 Å². The van der Waals surface area contributed by atoms with E-state index in [0.717, 1.165) is 6.07 Å². The van der Waals surface area contributed by atoms with Crippen LogP contribution in [-0.2, 0) is 9.47 Å². The number of morpholine rings is 2. The van der Waals surface area contributed by atoms with Crippen LogP contribution < -0.4 is 21.3 Å². The van der Waals surface area contributed by atoms with E-state index in [1.807, 2.05) is 4.90 Å². The zero-order valence-corrected chi connectivity index (χ0v) is 27.7. The van der Waals surface area contributed by atoms with Crippen molar-refractivity contribution in [1.29, 1.82) is 0 Å². The fourth-order valence-corrected chi connectivity index (χ4v) is 6.09. The molecule has 2 fully saturated rings. The van der Waals surface area contributed by atoms with Crippen LogP contribution in [0.1, 0.15) is 0 Å². The molecule has 0 amide bonds. The highest BCUT2D eigenvalue weighted by Crippen LogP contribution is 2.35. The van der Waals surface area contributed by atoms with Crippen molar-refractivity contribution in [2.24, 2.45) is 0 Å². The van der Waals surface area contributed by atoms with Gasteiger partial charge >= 0.3 is 0 Å². The largest absolute Gasteiger partial charge is 0.378 e. The first-order chi connectivity index (χ1) is 24.2. The van der Waals surface area contributed by atoms with Crippen molar-refractivity contribution in [2.75, 3.05) is 73.9 Å². The van der Waals surface area contributed by atoms with Crippen molar-refractivity contribution in [3.63, 3.8) is 0 Å². The summed E-state index contributed by atoms with van der Waals surface area (Å²) in [6, 6.07) is 8.61. The third-order valence-electron chi connectivity index (χ3n) is 7.86. The molecule has 2 aromatic carbocycles. The van der Waals surface area contributed by atoms with Crippen LogP contribution in [0.5, 0.6) is 0 Å². The first kappa shape index (κ1) is 33.3. The topological polar surface area (TPSA) is 180 Å². The number of rotatable bonds is 4. The molecular weight excluding hydrogens is 693 g/mol. The molecular formula is C32H28Cl2F2N12O2. The zero-order chi connectivity index (χ0) is 34.8. The fourth-order valence-electron chi connectivity index (χ4n) is 5.50. The van der Waals surface area contributed by atoms with Gasteiger partial charge in [-0.05, 0) is 24.3 Å². The van der Waals surface area contributed by atoms with Gasteiger partial charge in [0.1, 0.15) is 11.6 Å². The molecule has 4 aromatic heterocycles. The Kier molecular flexibility index (Phi) is 9.58. The van der Waals surface area contributed by atoms with Crippen LogP contribution in [0, 0.1) is 11.6 Å². The van der Waals surface area contributed by atoms with Gasteiger partial charge < -0.3 is 30.7 Å². The molecule has 2 aliphatic heterocycles. The van der Waals surface area contributed by atoms with Gasteiger partial charge in [-0.3, -0.25) is 0 Å². The number of hydrogen-bond donors (Lipinski definition) is 2. The van der Waals surface area contributed by atoms with Crippen LogP contribution >= 0.6 is 23.2 Å². The van der Waals surface area contributed by atoms with E-state index >= 15 is 0 Å². The monoisotopic (exact) mass is 720 g/mol. The summed E-state index contributed by atoms with van der Waals surface area (Å²) in [6.07, 6.45) is 2.97. The summed E-state index contributed by atoms with van der Waals surface area (Å²) in [5, 5.41) is 1.01. The molecule has 18 heteroatoms. The first-order valence-corrected chi connectivity index (χ1v) is 16.2. The summed E-state index contributed by atoms with van der Waals surface area (Å²) in [4.78, 5) is 38.7. The molecule has 0 spiro atoms. The van der Waals surface area contributed by atoms with Crippen LogP contribution in [0.4, 0.5) is 32.3 Å². The van der Waals surface area contributed by atoms with Crippen molar-refractivity contribution < 1.29 is 18.3 Å². The molecule has 6 aromatic rings. The second kappa shape index (κ2) is 14.4. The molecule has 50 heavy (non-hydrogen) atoms. The van der Waals surface area contributed by atoms with Crippen molar-refractivity contribution >= 4 is 69.1 Å². The van der Waals surface area contributed by atoms with Gasteiger partial charge in [-0.25, -0.2) is 28.7 Å². The third-order valence-corrected chi connectivity index (χ3v) is 8.49. The molecule has 2 saturated heterocycles. The predicted molar refractivity (Wildman–Crippen MR) is 186 cm³/mol. The molecule has 8 rings (SSSR count). The van der Waals surface area contributed by atoms with Crippen LogP contribution in [0.3, 0.4) is 0 Å². The molecule has 0 bridgehead atoms. The Morgan fingerprint density at radius 2 is 1.14 bits per heavy atom. The lowest BCUT2D eigenvalue weighted by Gasteiger charge is -2.28. The van der Waals surface area contributed by atoms with Gasteiger partial charge in [0.25, 0.3) is 0 Å². The maximum Gasteiger partial charge on any atom is 0.224 e. The van der Waals surface area contributed by atoms with Crippen molar-refractivity contribution in [3.05, 3.63) is 70.5 Å². The molecule has 0 atom stereocenters. The summed E-state index contributed by atoms with van der Waals surface area (Å²) in [5.41, 5.74) is 15.0. The van der Waals surface area contributed by atoms with Crippen LogP contribution in [0.2, 0.25) is 10.0 Å². The molecule has 4 N–H and O–H groups in total. The Morgan fingerprint density at radius 3 is 1.66 bits per heavy atom. The Labute approximate surface area is 293 Å². The number of fused-ring (bicyclic) bond motifs is 2. The summed E-state index contributed by atoms with van der Waals surface area (Å²) in [6.45, 7) is 5.01. The maximum absolute atomic E-state index is 14.1. The lowest BCUT2D eigenvalue weighted by Crippen LogP contribution is -2.37. The first-order valence-electron chi connectivity index (χ1n) is 15.4. The summed E-state index contributed by atoms with van der Waals surface area (Å²) >= 11 is 12.6. The van der Waals surface area contributed by atoms with Crippen molar-refractivity contribution in [2.45, 2.75) is 0 Å². The molecule has 0 aliphatic carbocycles.